The Morgan fingerprint density at radius 1 is 1.28 bits per heavy atom. The average molecular weight is 344 g/mol. The first kappa shape index (κ1) is 17.6. The Labute approximate surface area is 147 Å². The highest BCUT2D eigenvalue weighted by atomic mass is 19.1. The Balaban J connectivity index is 1.77. The summed E-state index contributed by atoms with van der Waals surface area (Å²) < 4.78 is 16.1. The molecule has 1 amide bonds. The molecule has 2 aromatic rings. The molecule has 3 rings (SSSR count). The molecule has 0 bridgehead atoms. The highest BCUT2D eigenvalue weighted by Gasteiger charge is 2.26. The molecule has 0 spiro atoms. The highest BCUT2D eigenvalue weighted by Crippen LogP contribution is 2.23. The van der Waals surface area contributed by atoms with Gasteiger partial charge in [-0.05, 0) is 63.8 Å². The third-order valence-electron chi connectivity index (χ3n) is 5.00. The lowest BCUT2D eigenvalue weighted by Crippen LogP contribution is -2.42. The van der Waals surface area contributed by atoms with Crippen molar-refractivity contribution in [2.75, 3.05) is 13.1 Å². The van der Waals surface area contributed by atoms with Crippen molar-refractivity contribution in [2.45, 2.75) is 39.7 Å². The van der Waals surface area contributed by atoms with Crippen LogP contribution in [0.3, 0.4) is 0 Å². The number of halogens is 1. The third-order valence-corrected chi connectivity index (χ3v) is 5.00. The molecule has 1 atom stereocenters. The Morgan fingerprint density at radius 3 is 2.48 bits per heavy atom. The number of nitrogens with two attached hydrogens (primary N) is 1. The molecule has 1 aliphatic rings. The number of amides is 1. The maximum absolute atomic E-state index is 14.6. The Morgan fingerprint density at radius 2 is 1.96 bits per heavy atom. The summed E-state index contributed by atoms with van der Waals surface area (Å²) in [6, 6.07) is 6.65. The van der Waals surface area contributed by atoms with Gasteiger partial charge in [0.15, 0.2) is 0 Å². The first-order valence-corrected chi connectivity index (χ1v) is 8.75. The van der Waals surface area contributed by atoms with Crippen molar-refractivity contribution in [3.63, 3.8) is 0 Å². The zero-order valence-electron chi connectivity index (χ0n) is 15.0. The van der Waals surface area contributed by atoms with Crippen LogP contribution < -0.4 is 5.73 Å². The summed E-state index contributed by atoms with van der Waals surface area (Å²) in [5.74, 6) is -0.112. The lowest BCUT2D eigenvalue weighted by Gasteiger charge is -2.33. The number of likely N-dealkylation sites (tertiary alicyclic amines) is 1. The molecule has 0 aliphatic carbocycles. The summed E-state index contributed by atoms with van der Waals surface area (Å²) in [4.78, 5) is 14.4. The van der Waals surface area contributed by atoms with Gasteiger partial charge in [0, 0.05) is 30.4 Å². The topological polar surface area (TPSA) is 64.2 Å². The number of aromatic nitrogens is 2. The molecule has 1 unspecified atom stereocenters. The molecule has 1 aromatic heterocycles. The van der Waals surface area contributed by atoms with E-state index in [0.717, 1.165) is 24.2 Å². The number of rotatable bonds is 3. The van der Waals surface area contributed by atoms with Crippen LogP contribution in [0.2, 0.25) is 0 Å². The minimum absolute atomic E-state index is 0.123. The molecule has 0 saturated carbocycles. The normalized spacial score (nSPS) is 16.9. The van der Waals surface area contributed by atoms with Crippen LogP contribution in [0.4, 0.5) is 4.39 Å². The van der Waals surface area contributed by atoms with Crippen molar-refractivity contribution in [3.8, 4) is 5.69 Å². The average Bonchev–Trinajstić information content (AvgIpc) is 2.92. The van der Waals surface area contributed by atoms with Crippen molar-refractivity contribution in [1.29, 1.82) is 0 Å². The van der Waals surface area contributed by atoms with Crippen molar-refractivity contribution in [2.24, 2.45) is 11.7 Å². The summed E-state index contributed by atoms with van der Waals surface area (Å²) in [5.41, 5.74) is 8.36. The van der Waals surface area contributed by atoms with Crippen LogP contribution in [0, 0.1) is 25.6 Å². The fourth-order valence-corrected chi connectivity index (χ4v) is 3.50. The fourth-order valence-electron chi connectivity index (χ4n) is 3.50. The second-order valence-electron chi connectivity index (χ2n) is 6.99. The molecule has 25 heavy (non-hydrogen) atoms. The molecule has 1 aromatic carbocycles. The maximum Gasteiger partial charge on any atom is 0.253 e. The Hall–Kier alpha value is -2.21. The summed E-state index contributed by atoms with van der Waals surface area (Å²) in [6.07, 6.45) is 1.80. The first-order chi connectivity index (χ1) is 11.9. The van der Waals surface area contributed by atoms with Gasteiger partial charge < -0.3 is 10.6 Å². The van der Waals surface area contributed by atoms with E-state index in [-0.39, 0.29) is 11.9 Å². The van der Waals surface area contributed by atoms with Gasteiger partial charge in [0.1, 0.15) is 11.5 Å². The Bertz CT molecular complexity index is 776. The molecule has 5 nitrogen and oxygen atoms in total. The van der Waals surface area contributed by atoms with Crippen molar-refractivity contribution in [3.05, 3.63) is 47.0 Å². The van der Waals surface area contributed by atoms with E-state index < -0.39 is 5.82 Å². The third kappa shape index (κ3) is 3.58. The molecule has 0 radical (unpaired) electrons. The van der Waals surface area contributed by atoms with Gasteiger partial charge in [0.25, 0.3) is 5.91 Å². The van der Waals surface area contributed by atoms with Crippen molar-refractivity contribution in [1.82, 2.24) is 14.7 Å². The van der Waals surface area contributed by atoms with Gasteiger partial charge >= 0.3 is 0 Å². The lowest BCUT2D eigenvalue weighted by atomic mass is 9.90. The van der Waals surface area contributed by atoms with E-state index in [9.17, 15) is 9.18 Å². The van der Waals surface area contributed by atoms with Crippen LogP contribution in [0.1, 0.15) is 41.5 Å². The smallest absolute Gasteiger partial charge is 0.253 e. The van der Waals surface area contributed by atoms with E-state index >= 15 is 0 Å². The zero-order chi connectivity index (χ0) is 18.1. The predicted molar refractivity (Wildman–Crippen MR) is 95.3 cm³/mol. The van der Waals surface area contributed by atoms with Gasteiger partial charge in [0.2, 0.25) is 0 Å². The SMILES string of the molecule is Cc1cc(C)n(-c2ccc(C(=O)N3CCC(C(C)N)CC3)cc2F)n1. The standard InChI is InChI=1S/C19H25FN4O/c1-12-10-13(2)24(22-12)18-5-4-16(11-17(18)20)19(25)23-8-6-15(7-9-23)14(3)21/h4-5,10-11,14-15H,6-9,21H2,1-3H3. The van der Waals surface area contributed by atoms with E-state index in [1.54, 1.807) is 21.7 Å². The van der Waals surface area contributed by atoms with Crippen LogP contribution in [-0.2, 0) is 0 Å². The molecule has 134 valence electrons. The van der Waals surface area contributed by atoms with Crippen molar-refractivity contribution >= 4 is 5.91 Å². The number of benzene rings is 1. The quantitative estimate of drug-likeness (QED) is 0.931. The predicted octanol–water partition coefficient (Wildman–Crippen LogP) is 2.83. The van der Waals surface area contributed by atoms with Crippen LogP contribution in [-0.4, -0.2) is 39.7 Å². The largest absolute Gasteiger partial charge is 0.339 e. The molecular weight excluding hydrogens is 319 g/mol. The van der Waals surface area contributed by atoms with Gasteiger partial charge in [-0.2, -0.15) is 5.10 Å². The number of aryl methyl sites for hydroxylation is 2. The summed E-state index contributed by atoms with van der Waals surface area (Å²) in [5, 5.41) is 4.30. The summed E-state index contributed by atoms with van der Waals surface area (Å²) in [6.45, 7) is 7.10. The van der Waals surface area contributed by atoms with E-state index in [1.165, 1.54) is 6.07 Å². The van der Waals surface area contributed by atoms with E-state index in [4.69, 9.17) is 5.73 Å². The molecule has 2 N–H and O–H groups in total. The van der Waals surface area contributed by atoms with Crippen LogP contribution in [0.5, 0.6) is 0 Å². The van der Waals surface area contributed by atoms with Gasteiger partial charge in [0.05, 0.1) is 5.69 Å². The first-order valence-electron chi connectivity index (χ1n) is 8.75. The molecule has 2 heterocycles. The summed E-state index contributed by atoms with van der Waals surface area (Å²) in [7, 11) is 0. The summed E-state index contributed by atoms with van der Waals surface area (Å²) >= 11 is 0. The number of hydrogen-bond acceptors (Lipinski definition) is 3. The van der Waals surface area contributed by atoms with E-state index in [1.807, 2.05) is 26.8 Å². The number of hydrogen-bond donors (Lipinski definition) is 1. The molecular formula is C19H25FN4O. The molecule has 1 fully saturated rings. The number of carbonyl (C=O) groups excluding carboxylic acids is 1. The number of nitrogens with zero attached hydrogens (tertiary/aromatic N) is 3. The lowest BCUT2D eigenvalue weighted by molar-refractivity contribution is 0.0680. The second-order valence-corrected chi connectivity index (χ2v) is 6.99. The highest BCUT2D eigenvalue weighted by molar-refractivity contribution is 5.94. The molecule has 6 heteroatoms. The minimum Gasteiger partial charge on any atom is -0.339 e. The monoisotopic (exact) mass is 344 g/mol. The fraction of sp³-hybridized carbons (Fsp3) is 0.474. The van der Waals surface area contributed by atoms with E-state index in [2.05, 4.69) is 5.10 Å². The van der Waals surface area contributed by atoms with Gasteiger partial charge in [-0.1, -0.05) is 0 Å². The van der Waals surface area contributed by atoms with Crippen LogP contribution >= 0.6 is 0 Å². The van der Waals surface area contributed by atoms with Gasteiger partial charge in [-0.3, -0.25) is 4.79 Å². The van der Waals surface area contributed by atoms with Crippen molar-refractivity contribution < 1.29 is 9.18 Å². The van der Waals surface area contributed by atoms with Gasteiger partial charge in [-0.15, -0.1) is 0 Å². The maximum atomic E-state index is 14.6. The van der Waals surface area contributed by atoms with E-state index in [0.29, 0.717) is 30.3 Å². The molecule has 1 aliphatic heterocycles. The minimum atomic E-state index is -0.442. The second kappa shape index (κ2) is 6.96. The number of carbonyl (C=O) groups is 1. The zero-order valence-corrected chi connectivity index (χ0v) is 15.0. The van der Waals surface area contributed by atoms with Gasteiger partial charge in [-0.25, -0.2) is 9.07 Å². The molecule has 1 saturated heterocycles. The number of piperidine rings is 1. The van der Waals surface area contributed by atoms with Crippen LogP contribution in [0.25, 0.3) is 5.69 Å². The Kier molecular flexibility index (Phi) is 4.90. The van der Waals surface area contributed by atoms with Crippen LogP contribution in [0.15, 0.2) is 24.3 Å².